The van der Waals surface area contributed by atoms with Crippen molar-refractivity contribution in [3.63, 3.8) is 0 Å². The molecule has 0 heterocycles. The van der Waals surface area contributed by atoms with E-state index in [0.717, 1.165) is 12.1 Å². The van der Waals surface area contributed by atoms with Gasteiger partial charge in [-0.1, -0.05) is 29.8 Å². The fraction of sp³-hybridized carbons (Fsp3) is 0.250. The smallest absolute Gasteiger partial charge is 0.146 e. The van der Waals surface area contributed by atoms with Crippen molar-refractivity contribution < 1.29 is 4.39 Å². The summed E-state index contributed by atoms with van der Waals surface area (Å²) in [6.07, 6.45) is 3.57. The Balaban J connectivity index is 1.74. The summed E-state index contributed by atoms with van der Waals surface area (Å²) in [7, 11) is 0. The van der Waals surface area contributed by atoms with Crippen LogP contribution in [0.4, 0.5) is 10.1 Å². The third-order valence-corrected chi connectivity index (χ3v) is 3.90. The van der Waals surface area contributed by atoms with E-state index >= 15 is 0 Å². The summed E-state index contributed by atoms with van der Waals surface area (Å²) in [4.78, 5) is 0. The van der Waals surface area contributed by atoms with Gasteiger partial charge in [-0.05, 0) is 48.6 Å². The average molecular weight is 276 g/mol. The molecule has 0 atom stereocenters. The van der Waals surface area contributed by atoms with Crippen LogP contribution >= 0.6 is 11.6 Å². The van der Waals surface area contributed by atoms with Gasteiger partial charge in [0, 0.05) is 17.8 Å². The molecule has 1 aliphatic rings. The molecule has 0 saturated heterocycles. The van der Waals surface area contributed by atoms with Crippen LogP contribution in [0.25, 0.3) is 0 Å². The van der Waals surface area contributed by atoms with Crippen molar-refractivity contribution in [3.05, 3.63) is 63.9 Å². The Bertz CT molecular complexity index is 610. The molecule has 0 spiro atoms. The van der Waals surface area contributed by atoms with E-state index in [2.05, 4.69) is 23.5 Å². The largest absolute Gasteiger partial charge is 0.381 e. The number of fused-ring (bicyclic) bond motifs is 1. The van der Waals surface area contributed by atoms with Gasteiger partial charge in [0.15, 0.2) is 0 Å². The zero-order valence-electron chi connectivity index (χ0n) is 10.5. The molecule has 0 fully saturated rings. The van der Waals surface area contributed by atoms with Crippen LogP contribution in [0.3, 0.4) is 0 Å². The molecular formula is C16H15ClFN. The zero-order valence-corrected chi connectivity index (χ0v) is 11.3. The molecule has 1 N–H and O–H groups in total. The number of benzene rings is 2. The van der Waals surface area contributed by atoms with E-state index in [4.69, 9.17) is 11.6 Å². The first-order chi connectivity index (χ1) is 9.24. The molecule has 0 radical (unpaired) electrons. The molecule has 0 bridgehead atoms. The highest BCUT2D eigenvalue weighted by Crippen LogP contribution is 2.25. The van der Waals surface area contributed by atoms with Crippen LogP contribution < -0.4 is 5.32 Å². The maximum Gasteiger partial charge on any atom is 0.146 e. The summed E-state index contributed by atoms with van der Waals surface area (Å²) in [6, 6.07) is 11.5. The maximum atomic E-state index is 13.8. The Morgan fingerprint density at radius 3 is 2.84 bits per heavy atom. The van der Waals surface area contributed by atoms with Crippen molar-refractivity contribution >= 4 is 17.3 Å². The normalized spacial score (nSPS) is 13.4. The van der Waals surface area contributed by atoms with Crippen molar-refractivity contribution in [2.24, 2.45) is 0 Å². The third-order valence-electron chi connectivity index (χ3n) is 3.61. The maximum absolute atomic E-state index is 13.8. The molecule has 19 heavy (non-hydrogen) atoms. The minimum Gasteiger partial charge on any atom is -0.381 e. The summed E-state index contributed by atoms with van der Waals surface area (Å²) in [5.74, 6) is -0.335. The highest BCUT2D eigenvalue weighted by Gasteiger charge is 2.11. The van der Waals surface area contributed by atoms with Gasteiger partial charge in [0.25, 0.3) is 0 Å². The predicted molar refractivity (Wildman–Crippen MR) is 77.2 cm³/mol. The molecule has 98 valence electrons. The quantitative estimate of drug-likeness (QED) is 0.864. The number of nitrogens with one attached hydrogen (secondary N) is 1. The average Bonchev–Trinajstić information content (AvgIpc) is 2.88. The molecule has 0 unspecified atom stereocenters. The van der Waals surface area contributed by atoms with E-state index in [1.54, 1.807) is 18.2 Å². The van der Waals surface area contributed by atoms with Crippen LogP contribution in [0.1, 0.15) is 23.1 Å². The highest BCUT2D eigenvalue weighted by molar-refractivity contribution is 6.30. The van der Waals surface area contributed by atoms with Gasteiger partial charge in [0.1, 0.15) is 5.82 Å². The van der Waals surface area contributed by atoms with Crippen molar-refractivity contribution in [1.29, 1.82) is 0 Å². The molecular weight excluding hydrogens is 261 g/mol. The fourth-order valence-electron chi connectivity index (χ4n) is 2.56. The lowest BCUT2D eigenvalue weighted by Crippen LogP contribution is -2.02. The van der Waals surface area contributed by atoms with E-state index in [1.807, 2.05) is 0 Å². The minimum absolute atomic E-state index is 0.174. The SMILES string of the molecule is Fc1c(Cl)cccc1CNc1ccc2c(c1)CCC2. The van der Waals surface area contributed by atoms with Gasteiger partial charge in [0.2, 0.25) is 0 Å². The fourth-order valence-corrected chi connectivity index (χ4v) is 2.76. The molecule has 0 aliphatic heterocycles. The summed E-state index contributed by atoms with van der Waals surface area (Å²) in [6.45, 7) is 0.450. The number of halogens is 2. The van der Waals surface area contributed by atoms with Crippen molar-refractivity contribution in [2.75, 3.05) is 5.32 Å². The van der Waals surface area contributed by atoms with E-state index in [1.165, 1.54) is 24.0 Å². The van der Waals surface area contributed by atoms with Gasteiger partial charge in [-0.25, -0.2) is 4.39 Å². The van der Waals surface area contributed by atoms with E-state index in [9.17, 15) is 4.39 Å². The Hall–Kier alpha value is -1.54. The molecule has 3 heteroatoms. The van der Waals surface area contributed by atoms with Crippen LogP contribution in [0.15, 0.2) is 36.4 Å². The number of hydrogen-bond acceptors (Lipinski definition) is 1. The Morgan fingerprint density at radius 1 is 1.11 bits per heavy atom. The summed E-state index contributed by atoms with van der Waals surface area (Å²) < 4.78 is 13.8. The second-order valence-corrected chi connectivity index (χ2v) is 5.31. The molecule has 1 aliphatic carbocycles. The van der Waals surface area contributed by atoms with Crippen LogP contribution in [0, 0.1) is 5.82 Å². The second kappa shape index (κ2) is 5.22. The van der Waals surface area contributed by atoms with Crippen LogP contribution in [0.5, 0.6) is 0 Å². The lowest BCUT2D eigenvalue weighted by Gasteiger charge is -2.10. The lowest BCUT2D eigenvalue weighted by atomic mass is 10.1. The minimum atomic E-state index is -0.335. The third kappa shape index (κ3) is 2.59. The summed E-state index contributed by atoms with van der Waals surface area (Å²) in [5.41, 5.74) is 4.49. The van der Waals surface area contributed by atoms with E-state index in [0.29, 0.717) is 12.1 Å². The van der Waals surface area contributed by atoms with Gasteiger partial charge < -0.3 is 5.32 Å². The zero-order chi connectivity index (χ0) is 13.2. The van der Waals surface area contributed by atoms with Crippen molar-refractivity contribution in [3.8, 4) is 0 Å². The summed E-state index contributed by atoms with van der Waals surface area (Å²) >= 11 is 5.77. The molecule has 2 aromatic carbocycles. The first-order valence-electron chi connectivity index (χ1n) is 6.52. The van der Waals surface area contributed by atoms with Gasteiger partial charge in [-0.3, -0.25) is 0 Å². The predicted octanol–water partition coefficient (Wildman–Crippen LogP) is 4.58. The van der Waals surface area contributed by atoms with Gasteiger partial charge in [-0.2, -0.15) is 0 Å². The van der Waals surface area contributed by atoms with Gasteiger partial charge >= 0.3 is 0 Å². The van der Waals surface area contributed by atoms with E-state index < -0.39 is 0 Å². The van der Waals surface area contributed by atoms with Gasteiger partial charge in [0.05, 0.1) is 5.02 Å². The Kier molecular flexibility index (Phi) is 3.43. The molecule has 3 rings (SSSR count). The Labute approximate surface area is 117 Å². The first-order valence-corrected chi connectivity index (χ1v) is 6.90. The standard InChI is InChI=1S/C16H15ClFN/c17-15-6-2-5-13(16(15)18)10-19-14-8-7-11-3-1-4-12(11)9-14/h2,5-9,19H,1,3-4,10H2. The molecule has 0 saturated carbocycles. The number of anilines is 1. The monoisotopic (exact) mass is 275 g/mol. The Morgan fingerprint density at radius 2 is 1.95 bits per heavy atom. The number of aryl methyl sites for hydroxylation is 2. The van der Waals surface area contributed by atoms with Crippen LogP contribution in [-0.4, -0.2) is 0 Å². The van der Waals surface area contributed by atoms with Crippen molar-refractivity contribution in [2.45, 2.75) is 25.8 Å². The van der Waals surface area contributed by atoms with Crippen molar-refractivity contribution in [1.82, 2.24) is 0 Å². The molecule has 0 aromatic heterocycles. The topological polar surface area (TPSA) is 12.0 Å². The van der Waals surface area contributed by atoms with Gasteiger partial charge in [-0.15, -0.1) is 0 Å². The first kappa shape index (κ1) is 12.5. The number of hydrogen-bond donors (Lipinski definition) is 1. The van der Waals surface area contributed by atoms with E-state index in [-0.39, 0.29) is 10.8 Å². The number of rotatable bonds is 3. The summed E-state index contributed by atoms with van der Waals surface area (Å²) in [5, 5.41) is 3.43. The molecule has 2 aromatic rings. The second-order valence-electron chi connectivity index (χ2n) is 4.90. The molecule has 0 amide bonds. The lowest BCUT2D eigenvalue weighted by molar-refractivity contribution is 0.613. The van der Waals surface area contributed by atoms with Crippen LogP contribution in [-0.2, 0) is 19.4 Å². The van der Waals surface area contributed by atoms with Crippen LogP contribution in [0.2, 0.25) is 5.02 Å². The molecule has 1 nitrogen and oxygen atoms in total. The highest BCUT2D eigenvalue weighted by atomic mass is 35.5.